The van der Waals surface area contributed by atoms with Crippen molar-refractivity contribution in [3.63, 3.8) is 0 Å². The Bertz CT molecular complexity index is 634. The van der Waals surface area contributed by atoms with Crippen LogP contribution in [0.25, 0.3) is 0 Å². The Morgan fingerprint density at radius 1 is 1.38 bits per heavy atom. The molecule has 0 saturated carbocycles. The number of amides is 1. The normalized spacial score (nSPS) is 13.2. The summed E-state index contributed by atoms with van der Waals surface area (Å²) in [4.78, 5) is 33.6. The number of aliphatic carboxylic acids is 1. The smallest absolute Gasteiger partial charge is 0.326 e. The van der Waals surface area contributed by atoms with Crippen LogP contribution < -0.4 is 10.1 Å². The number of nitrogens with zero attached hydrogens (tertiary/aromatic N) is 1. The maximum Gasteiger partial charge on any atom is 0.326 e. The van der Waals surface area contributed by atoms with Gasteiger partial charge in [-0.1, -0.05) is 25.4 Å². The standard InChI is InChI=1S/C15H19ClN2O6/c1-8(2)6-11(15(20)21)17-14(19)9(3)24-13-5-4-10(16)7-12(13)18(22)23/h4-5,7-9,11H,6H2,1-3H3,(H,17,19)(H,20,21)/t9?,11-/m0/s1. The van der Waals surface area contributed by atoms with Crippen LogP contribution in [0.3, 0.4) is 0 Å². The van der Waals surface area contributed by atoms with Gasteiger partial charge in [0.05, 0.1) is 4.92 Å². The molecule has 0 aliphatic heterocycles. The highest BCUT2D eigenvalue weighted by molar-refractivity contribution is 6.30. The minimum absolute atomic E-state index is 0.0694. The fourth-order valence-electron chi connectivity index (χ4n) is 1.96. The van der Waals surface area contributed by atoms with E-state index in [-0.39, 0.29) is 28.8 Å². The van der Waals surface area contributed by atoms with Crippen molar-refractivity contribution in [1.29, 1.82) is 0 Å². The summed E-state index contributed by atoms with van der Waals surface area (Å²) in [5.74, 6) is -1.88. The molecule has 0 heterocycles. The van der Waals surface area contributed by atoms with Crippen molar-refractivity contribution < 1.29 is 24.4 Å². The summed E-state index contributed by atoms with van der Waals surface area (Å²) >= 11 is 5.71. The molecular weight excluding hydrogens is 340 g/mol. The number of carbonyl (C=O) groups excluding carboxylic acids is 1. The average Bonchev–Trinajstić information content (AvgIpc) is 2.47. The van der Waals surface area contributed by atoms with Gasteiger partial charge < -0.3 is 15.2 Å². The Labute approximate surface area is 143 Å². The first kappa shape index (κ1) is 19.7. The van der Waals surface area contributed by atoms with Gasteiger partial charge in [-0.15, -0.1) is 0 Å². The van der Waals surface area contributed by atoms with Crippen molar-refractivity contribution >= 4 is 29.2 Å². The van der Waals surface area contributed by atoms with Crippen LogP contribution in [0.5, 0.6) is 5.75 Å². The lowest BCUT2D eigenvalue weighted by atomic mass is 10.0. The Kier molecular flexibility index (Phi) is 6.97. The van der Waals surface area contributed by atoms with Gasteiger partial charge in [-0.05, 0) is 31.4 Å². The molecule has 0 aromatic heterocycles. The Balaban J connectivity index is 2.84. The van der Waals surface area contributed by atoms with Crippen LogP contribution in [0, 0.1) is 16.0 Å². The Hall–Kier alpha value is -2.35. The highest BCUT2D eigenvalue weighted by Crippen LogP contribution is 2.30. The van der Waals surface area contributed by atoms with Gasteiger partial charge in [-0.25, -0.2) is 4.79 Å². The molecule has 0 aliphatic rings. The third-order valence-electron chi connectivity index (χ3n) is 3.11. The third-order valence-corrected chi connectivity index (χ3v) is 3.35. The minimum atomic E-state index is -1.15. The predicted octanol–water partition coefficient (Wildman–Crippen LogP) is 2.63. The van der Waals surface area contributed by atoms with Crippen LogP contribution in [0.1, 0.15) is 27.2 Å². The molecule has 1 aromatic carbocycles. The van der Waals surface area contributed by atoms with E-state index < -0.39 is 28.9 Å². The first-order valence-corrected chi connectivity index (χ1v) is 7.63. The molecule has 2 N–H and O–H groups in total. The number of nitrogens with one attached hydrogen (secondary N) is 1. The van der Waals surface area contributed by atoms with Crippen molar-refractivity contribution in [1.82, 2.24) is 5.32 Å². The summed E-state index contributed by atoms with van der Waals surface area (Å²) in [5.41, 5.74) is -0.376. The van der Waals surface area contributed by atoms with Crippen LogP contribution in [-0.2, 0) is 9.59 Å². The quantitative estimate of drug-likeness (QED) is 0.544. The first-order valence-electron chi connectivity index (χ1n) is 7.25. The number of nitro groups is 1. The summed E-state index contributed by atoms with van der Waals surface area (Å²) in [6.45, 7) is 5.04. The van der Waals surface area contributed by atoms with Crippen LogP contribution in [-0.4, -0.2) is 34.1 Å². The molecule has 1 rings (SSSR count). The number of benzene rings is 1. The summed E-state index contributed by atoms with van der Waals surface area (Å²) in [7, 11) is 0. The van der Waals surface area contributed by atoms with E-state index in [1.807, 2.05) is 13.8 Å². The lowest BCUT2D eigenvalue weighted by Crippen LogP contribution is -2.46. The summed E-state index contributed by atoms with van der Waals surface area (Å²) in [6.07, 6.45) is -0.853. The van der Waals surface area contributed by atoms with Crippen LogP contribution in [0.15, 0.2) is 18.2 Å². The van der Waals surface area contributed by atoms with E-state index in [0.717, 1.165) is 6.07 Å². The second kappa shape index (κ2) is 8.49. The number of hydrogen-bond acceptors (Lipinski definition) is 5. The Morgan fingerprint density at radius 2 is 2.00 bits per heavy atom. The van der Waals surface area contributed by atoms with Crippen LogP contribution in [0.2, 0.25) is 5.02 Å². The van der Waals surface area contributed by atoms with Gasteiger partial charge in [-0.3, -0.25) is 14.9 Å². The number of hydrogen-bond donors (Lipinski definition) is 2. The van der Waals surface area contributed by atoms with Crippen LogP contribution in [0.4, 0.5) is 5.69 Å². The van der Waals surface area contributed by atoms with E-state index in [0.29, 0.717) is 0 Å². The zero-order chi connectivity index (χ0) is 18.4. The van der Waals surface area contributed by atoms with Crippen molar-refractivity contribution in [2.45, 2.75) is 39.3 Å². The van der Waals surface area contributed by atoms with E-state index in [2.05, 4.69) is 5.32 Å². The molecule has 0 saturated heterocycles. The zero-order valence-electron chi connectivity index (χ0n) is 13.5. The molecule has 9 heteroatoms. The molecule has 132 valence electrons. The van der Waals surface area contributed by atoms with E-state index in [1.54, 1.807) is 0 Å². The monoisotopic (exact) mass is 358 g/mol. The number of ether oxygens (including phenoxy) is 1. The van der Waals surface area contributed by atoms with Crippen molar-refractivity contribution in [3.05, 3.63) is 33.3 Å². The van der Waals surface area contributed by atoms with E-state index >= 15 is 0 Å². The fourth-order valence-corrected chi connectivity index (χ4v) is 2.13. The lowest BCUT2D eigenvalue weighted by Gasteiger charge is -2.20. The molecule has 1 unspecified atom stereocenters. The molecule has 8 nitrogen and oxygen atoms in total. The number of nitro benzene ring substituents is 1. The van der Waals surface area contributed by atoms with Crippen molar-refractivity contribution in [3.8, 4) is 5.75 Å². The largest absolute Gasteiger partial charge is 0.480 e. The number of carboxylic acid groups (broad SMARTS) is 1. The third kappa shape index (κ3) is 5.69. The van der Waals surface area contributed by atoms with Crippen molar-refractivity contribution in [2.75, 3.05) is 0 Å². The molecule has 0 aliphatic carbocycles. The summed E-state index contributed by atoms with van der Waals surface area (Å²) in [6, 6.07) is 2.74. The maximum absolute atomic E-state index is 12.1. The second-order valence-corrected chi connectivity index (χ2v) is 6.09. The molecule has 0 radical (unpaired) electrons. The second-order valence-electron chi connectivity index (χ2n) is 5.66. The molecule has 1 amide bonds. The molecule has 0 spiro atoms. The molecule has 0 fully saturated rings. The Morgan fingerprint density at radius 3 is 2.50 bits per heavy atom. The predicted molar refractivity (Wildman–Crippen MR) is 87.2 cm³/mol. The minimum Gasteiger partial charge on any atom is -0.480 e. The van der Waals surface area contributed by atoms with Gasteiger partial charge in [-0.2, -0.15) is 0 Å². The SMILES string of the molecule is CC(C)C[C@H](NC(=O)C(C)Oc1ccc(Cl)cc1[N+](=O)[O-])C(=O)O. The fraction of sp³-hybridized carbons (Fsp3) is 0.467. The number of carboxylic acids is 1. The summed E-state index contributed by atoms with van der Waals surface area (Å²) < 4.78 is 5.30. The number of halogens is 1. The number of carbonyl (C=O) groups is 2. The molecule has 0 bridgehead atoms. The molecule has 2 atom stereocenters. The average molecular weight is 359 g/mol. The van der Waals surface area contributed by atoms with Crippen molar-refractivity contribution in [2.24, 2.45) is 5.92 Å². The topological polar surface area (TPSA) is 119 Å². The van der Waals surface area contributed by atoms with Gasteiger partial charge in [0.1, 0.15) is 6.04 Å². The van der Waals surface area contributed by atoms with E-state index in [1.165, 1.54) is 19.1 Å². The van der Waals surface area contributed by atoms with Gasteiger partial charge in [0.25, 0.3) is 5.91 Å². The highest BCUT2D eigenvalue weighted by atomic mass is 35.5. The lowest BCUT2D eigenvalue weighted by molar-refractivity contribution is -0.386. The van der Waals surface area contributed by atoms with Gasteiger partial charge in [0.2, 0.25) is 0 Å². The van der Waals surface area contributed by atoms with Gasteiger partial charge in [0, 0.05) is 11.1 Å². The molecular formula is C15H19ClN2O6. The number of rotatable bonds is 8. The zero-order valence-corrected chi connectivity index (χ0v) is 14.2. The van der Waals surface area contributed by atoms with Gasteiger partial charge in [0.15, 0.2) is 11.9 Å². The van der Waals surface area contributed by atoms with E-state index in [9.17, 15) is 19.7 Å². The first-order chi connectivity index (χ1) is 11.1. The summed E-state index contributed by atoms with van der Waals surface area (Å²) in [5, 5.41) is 22.7. The van der Waals surface area contributed by atoms with E-state index in [4.69, 9.17) is 21.4 Å². The maximum atomic E-state index is 12.1. The molecule has 1 aromatic rings. The van der Waals surface area contributed by atoms with Crippen LogP contribution >= 0.6 is 11.6 Å². The molecule has 24 heavy (non-hydrogen) atoms. The highest BCUT2D eigenvalue weighted by Gasteiger charge is 2.26. The van der Waals surface area contributed by atoms with Gasteiger partial charge >= 0.3 is 11.7 Å².